The molecule has 2 unspecified atom stereocenters. The van der Waals surface area contributed by atoms with Crippen molar-refractivity contribution in [3.8, 4) is 0 Å². The Balaban J connectivity index is 0. The molecule has 2 atom stereocenters. The largest absolute Gasteiger partial charge is 0.481 e. The lowest BCUT2D eigenvalue weighted by Crippen LogP contribution is -2.21. The third-order valence-corrected chi connectivity index (χ3v) is 9.25. The Hall–Kier alpha value is -1.06. The first kappa shape index (κ1) is 46.1. The molecule has 0 rings (SSSR count). The van der Waals surface area contributed by atoms with Gasteiger partial charge in [0.2, 0.25) is 0 Å². The van der Waals surface area contributed by atoms with Gasteiger partial charge >= 0.3 is 11.9 Å². The molecule has 0 amide bonds. The molecular weight excluding hydrogens is 556 g/mol. The second-order valence-electron chi connectivity index (χ2n) is 14.1. The Labute approximate surface area is 283 Å². The molecule has 45 heavy (non-hydrogen) atoms. The Bertz CT molecular complexity index is 602. The number of hydrogen-bond donors (Lipinski definition) is 1. The predicted molar refractivity (Wildman–Crippen MR) is 197 cm³/mol. The average molecular weight is 639 g/mol. The van der Waals surface area contributed by atoms with Crippen LogP contribution in [0.3, 0.4) is 0 Å². The van der Waals surface area contributed by atoms with Crippen molar-refractivity contribution in [2.45, 2.75) is 240 Å². The van der Waals surface area contributed by atoms with Crippen LogP contribution in [0.15, 0.2) is 0 Å². The monoisotopic (exact) mass is 639 g/mol. The second kappa shape index (κ2) is 37.4. The van der Waals surface area contributed by atoms with Gasteiger partial charge in [0.1, 0.15) is 0 Å². The number of esters is 1. The first-order chi connectivity index (χ1) is 21.8. The molecule has 0 aliphatic heterocycles. The molecular formula is C41H82O4. The van der Waals surface area contributed by atoms with Gasteiger partial charge in [0.15, 0.2) is 0 Å². The van der Waals surface area contributed by atoms with E-state index in [9.17, 15) is 9.59 Å². The number of carboxylic acid groups (broad SMARTS) is 1. The van der Waals surface area contributed by atoms with Crippen LogP contribution < -0.4 is 0 Å². The van der Waals surface area contributed by atoms with Crippen molar-refractivity contribution < 1.29 is 19.4 Å². The molecule has 0 aromatic heterocycles. The Morgan fingerprint density at radius 1 is 0.444 bits per heavy atom. The molecule has 0 bridgehead atoms. The van der Waals surface area contributed by atoms with Gasteiger partial charge in [-0.25, -0.2) is 0 Å². The van der Waals surface area contributed by atoms with E-state index in [1.54, 1.807) is 0 Å². The highest BCUT2D eigenvalue weighted by molar-refractivity contribution is 5.72. The fourth-order valence-electron chi connectivity index (χ4n) is 6.12. The zero-order chi connectivity index (χ0) is 33.8. The van der Waals surface area contributed by atoms with Crippen LogP contribution in [0.1, 0.15) is 234 Å². The molecule has 0 heterocycles. The number of unbranched alkanes of at least 4 members (excludes halogenated alkanes) is 23. The van der Waals surface area contributed by atoms with Crippen LogP contribution in [0.4, 0.5) is 0 Å². The number of carboxylic acids is 1. The van der Waals surface area contributed by atoms with Crippen LogP contribution in [-0.4, -0.2) is 23.1 Å². The van der Waals surface area contributed by atoms with E-state index in [2.05, 4.69) is 20.8 Å². The third kappa shape index (κ3) is 35.6. The van der Waals surface area contributed by atoms with Crippen LogP contribution in [0.25, 0.3) is 0 Å². The van der Waals surface area contributed by atoms with Crippen LogP contribution in [0, 0.1) is 11.8 Å². The van der Waals surface area contributed by atoms with Gasteiger partial charge in [0, 0.05) is 0 Å². The summed E-state index contributed by atoms with van der Waals surface area (Å²) in [6.07, 6.45) is 38.7. The van der Waals surface area contributed by atoms with Gasteiger partial charge in [-0.2, -0.15) is 0 Å². The molecule has 0 spiro atoms. The second-order valence-corrected chi connectivity index (χ2v) is 14.1. The molecule has 0 aromatic rings. The van der Waals surface area contributed by atoms with E-state index in [1.807, 2.05) is 20.8 Å². The summed E-state index contributed by atoms with van der Waals surface area (Å²) in [5, 5.41) is 8.60. The van der Waals surface area contributed by atoms with Gasteiger partial charge < -0.3 is 9.84 Å². The molecule has 0 saturated heterocycles. The lowest BCUT2D eigenvalue weighted by molar-refractivity contribution is -0.153. The van der Waals surface area contributed by atoms with Crippen LogP contribution >= 0.6 is 0 Å². The Morgan fingerprint density at radius 3 is 1.00 bits per heavy atom. The van der Waals surface area contributed by atoms with Crippen LogP contribution in [-0.2, 0) is 14.3 Å². The molecule has 4 heteroatoms. The molecule has 270 valence electrons. The van der Waals surface area contributed by atoms with E-state index >= 15 is 0 Å². The fraction of sp³-hybridized carbons (Fsp3) is 0.951. The minimum Gasteiger partial charge on any atom is -0.481 e. The summed E-state index contributed by atoms with van der Waals surface area (Å²) in [5.41, 5.74) is 0. The Morgan fingerprint density at radius 2 is 0.733 bits per heavy atom. The van der Waals surface area contributed by atoms with Gasteiger partial charge in [0.05, 0.1) is 17.9 Å². The SMILES string of the molecule is CCCCC(CC)C(=O)O.CCCCCCCCCCCCCCCCC(CCCCCCCCCCCC)C(=O)OC(C)C. The molecule has 4 nitrogen and oxygen atoms in total. The summed E-state index contributed by atoms with van der Waals surface area (Å²) in [7, 11) is 0. The molecule has 0 radical (unpaired) electrons. The normalized spacial score (nSPS) is 12.5. The maximum Gasteiger partial charge on any atom is 0.309 e. The standard InChI is InChI=1S/C33H66O2.C8H16O2/c1-5-7-9-11-13-15-17-18-19-20-22-24-26-28-30-32(33(34)35-31(3)4)29-27-25-23-21-16-14-12-10-8-6-2;1-3-5-6-7(4-2)8(9)10/h31-32H,5-30H2,1-4H3;7H,3-6H2,1-2H3,(H,9,10). The van der Waals surface area contributed by atoms with Crippen LogP contribution in [0.5, 0.6) is 0 Å². The first-order valence-electron chi connectivity index (χ1n) is 20.3. The molecule has 0 aromatic carbocycles. The molecule has 0 aliphatic carbocycles. The van der Waals surface area contributed by atoms with Crippen molar-refractivity contribution in [2.75, 3.05) is 0 Å². The fourth-order valence-corrected chi connectivity index (χ4v) is 6.12. The zero-order valence-electron chi connectivity index (χ0n) is 31.6. The van der Waals surface area contributed by atoms with Crippen molar-refractivity contribution in [3.63, 3.8) is 0 Å². The Kier molecular flexibility index (Phi) is 38.3. The topological polar surface area (TPSA) is 63.6 Å². The van der Waals surface area contributed by atoms with E-state index in [1.165, 1.54) is 154 Å². The third-order valence-electron chi connectivity index (χ3n) is 9.25. The maximum absolute atomic E-state index is 12.6. The number of carbonyl (C=O) groups excluding carboxylic acids is 1. The minimum absolute atomic E-state index is 0.00838. The number of hydrogen-bond acceptors (Lipinski definition) is 3. The lowest BCUT2D eigenvalue weighted by atomic mass is 9.94. The highest BCUT2D eigenvalue weighted by Crippen LogP contribution is 2.22. The summed E-state index contributed by atoms with van der Waals surface area (Å²) in [6, 6.07) is 0. The first-order valence-corrected chi connectivity index (χ1v) is 20.3. The number of carbonyl (C=O) groups is 2. The smallest absolute Gasteiger partial charge is 0.309 e. The average Bonchev–Trinajstić information content (AvgIpc) is 3.01. The summed E-state index contributed by atoms with van der Waals surface area (Å²) in [5.74, 6) is -0.565. The number of ether oxygens (including phenoxy) is 1. The van der Waals surface area contributed by atoms with Crippen molar-refractivity contribution in [1.82, 2.24) is 0 Å². The van der Waals surface area contributed by atoms with E-state index in [4.69, 9.17) is 9.84 Å². The van der Waals surface area contributed by atoms with Crippen molar-refractivity contribution in [3.05, 3.63) is 0 Å². The zero-order valence-corrected chi connectivity index (χ0v) is 31.6. The maximum atomic E-state index is 12.6. The van der Waals surface area contributed by atoms with Crippen molar-refractivity contribution in [1.29, 1.82) is 0 Å². The highest BCUT2D eigenvalue weighted by Gasteiger charge is 2.20. The van der Waals surface area contributed by atoms with Gasteiger partial charge in [-0.05, 0) is 39.5 Å². The van der Waals surface area contributed by atoms with E-state index in [0.29, 0.717) is 0 Å². The summed E-state index contributed by atoms with van der Waals surface area (Å²) < 4.78 is 5.59. The summed E-state index contributed by atoms with van der Waals surface area (Å²) >= 11 is 0. The van der Waals surface area contributed by atoms with Crippen molar-refractivity contribution in [2.24, 2.45) is 11.8 Å². The summed E-state index contributed by atoms with van der Waals surface area (Å²) in [4.78, 5) is 23.0. The summed E-state index contributed by atoms with van der Waals surface area (Å²) in [6.45, 7) is 12.5. The molecule has 0 aliphatic rings. The van der Waals surface area contributed by atoms with Gasteiger partial charge in [-0.15, -0.1) is 0 Å². The van der Waals surface area contributed by atoms with E-state index < -0.39 is 5.97 Å². The van der Waals surface area contributed by atoms with Gasteiger partial charge in [0.25, 0.3) is 0 Å². The highest BCUT2D eigenvalue weighted by atomic mass is 16.5. The van der Waals surface area contributed by atoms with Gasteiger partial charge in [-0.3, -0.25) is 9.59 Å². The number of rotatable bonds is 33. The lowest BCUT2D eigenvalue weighted by Gasteiger charge is -2.18. The molecule has 0 fully saturated rings. The van der Waals surface area contributed by atoms with Crippen LogP contribution in [0.2, 0.25) is 0 Å². The van der Waals surface area contributed by atoms with E-state index in [0.717, 1.165) is 38.5 Å². The van der Waals surface area contributed by atoms with Gasteiger partial charge in [-0.1, -0.05) is 195 Å². The molecule has 1 N–H and O–H groups in total. The molecule has 0 saturated carbocycles. The van der Waals surface area contributed by atoms with E-state index in [-0.39, 0.29) is 23.9 Å². The minimum atomic E-state index is -0.643. The van der Waals surface area contributed by atoms with Crippen molar-refractivity contribution >= 4 is 11.9 Å². The quantitative estimate of drug-likeness (QED) is 0.0574. The predicted octanol–water partition coefficient (Wildman–Crippen LogP) is 14.0. The number of aliphatic carboxylic acids is 1.